The summed E-state index contributed by atoms with van der Waals surface area (Å²) in [5.74, 6) is -1.98. The Kier molecular flexibility index (Phi) is 7.77. The summed E-state index contributed by atoms with van der Waals surface area (Å²) in [4.78, 5) is 16.5. The number of halogens is 2. The molecule has 0 aliphatic heterocycles. The van der Waals surface area contributed by atoms with Gasteiger partial charge in [0.2, 0.25) is 0 Å². The van der Waals surface area contributed by atoms with Crippen LogP contribution in [0.3, 0.4) is 0 Å². The standard InChI is InChI=1S/C27H30F2N6O2/c1-4-20(3)34-18-32-35(26(34)36)23-11-8-21(9-12-23)7-5-6-19(2)27(37,15-33-17-30-16-31-33)24-13-10-22(28)14-25(24)29/h5,7-14,16-20,37H,4,6,15H2,1-3H3/b7-5+/t19-,20?,27+/m0/s1. The fourth-order valence-corrected chi connectivity index (χ4v) is 4.23. The first-order chi connectivity index (χ1) is 17.7. The molecule has 0 radical (unpaired) electrons. The normalized spacial score (nSPS) is 15.1. The lowest BCUT2D eigenvalue weighted by Crippen LogP contribution is -2.39. The van der Waals surface area contributed by atoms with E-state index in [1.807, 2.05) is 50.3 Å². The third-order valence-corrected chi connectivity index (χ3v) is 6.78. The number of aromatic nitrogens is 6. The molecule has 0 bridgehead atoms. The van der Waals surface area contributed by atoms with E-state index in [9.17, 15) is 18.7 Å². The molecule has 8 nitrogen and oxygen atoms in total. The minimum absolute atomic E-state index is 0.00285. The van der Waals surface area contributed by atoms with Crippen molar-refractivity contribution < 1.29 is 13.9 Å². The molecule has 0 saturated heterocycles. The van der Waals surface area contributed by atoms with Crippen LogP contribution < -0.4 is 5.69 Å². The Labute approximate surface area is 213 Å². The summed E-state index contributed by atoms with van der Waals surface area (Å²) in [7, 11) is 0. The van der Waals surface area contributed by atoms with Crippen LogP contribution in [0.2, 0.25) is 0 Å². The zero-order valence-electron chi connectivity index (χ0n) is 21.0. The van der Waals surface area contributed by atoms with Crippen molar-refractivity contribution in [2.45, 2.75) is 51.8 Å². The van der Waals surface area contributed by atoms with Crippen LogP contribution in [0.25, 0.3) is 11.8 Å². The summed E-state index contributed by atoms with van der Waals surface area (Å²) >= 11 is 0. The molecule has 2 heterocycles. The number of hydrogen-bond donors (Lipinski definition) is 1. The van der Waals surface area contributed by atoms with Gasteiger partial charge in [-0.2, -0.15) is 14.9 Å². The van der Waals surface area contributed by atoms with Gasteiger partial charge in [0, 0.05) is 17.7 Å². The predicted molar refractivity (Wildman–Crippen MR) is 136 cm³/mol. The quantitative estimate of drug-likeness (QED) is 0.341. The van der Waals surface area contributed by atoms with Gasteiger partial charge in [-0.1, -0.05) is 44.2 Å². The Morgan fingerprint density at radius 2 is 1.84 bits per heavy atom. The average Bonchev–Trinajstić information content (AvgIpc) is 3.53. The van der Waals surface area contributed by atoms with E-state index >= 15 is 0 Å². The predicted octanol–water partition coefficient (Wildman–Crippen LogP) is 4.50. The highest BCUT2D eigenvalue weighted by molar-refractivity contribution is 5.51. The maximum atomic E-state index is 14.7. The lowest BCUT2D eigenvalue weighted by Gasteiger charge is -2.34. The van der Waals surface area contributed by atoms with Crippen LogP contribution in [-0.2, 0) is 12.1 Å². The molecule has 2 aromatic heterocycles. The molecule has 194 valence electrons. The topological polar surface area (TPSA) is 90.8 Å². The van der Waals surface area contributed by atoms with E-state index in [0.717, 1.165) is 24.1 Å². The van der Waals surface area contributed by atoms with Crippen LogP contribution >= 0.6 is 0 Å². The first-order valence-corrected chi connectivity index (χ1v) is 12.2. The highest BCUT2D eigenvalue weighted by atomic mass is 19.1. The van der Waals surface area contributed by atoms with E-state index in [1.54, 1.807) is 17.8 Å². The maximum absolute atomic E-state index is 14.7. The summed E-state index contributed by atoms with van der Waals surface area (Å²) in [6.07, 6.45) is 9.33. The Bertz CT molecular complexity index is 1410. The summed E-state index contributed by atoms with van der Waals surface area (Å²) < 4.78 is 32.6. The molecule has 0 aliphatic carbocycles. The molecule has 1 N–H and O–H groups in total. The smallest absolute Gasteiger partial charge is 0.350 e. The van der Waals surface area contributed by atoms with Crippen LogP contribution in [0.15, 0.2) is 72.3 Å². The molecule has 0 fully saturated rings. The number of nitrogens with zero attached hydrogens (tertiary/aromatic N) is 6. The molecule has 3 atom stereocenters. The fourth-order valence-electron chi connectivity index (χ4n) is 4.23. The third-order valence-electron chi connectivity index (χ3n) is 6.78. The highest BCUT2D eigenvalue weighted by Crippen LogP contribution is 2.35. The van der Waals surface area contributed by atoms with E-state index in [1.165, 1.54) is 28.1 Å². The zero-order valence-corrected chi connectivity index (χ0v) is 21.0. The van der Waals surface area contributed by atoms with Crippen molar-refractivity contribution in [3.63, 3.8) is 0 Å². The number of benzene rings is 2. The zero-order chi connectivity index (χ0) is 26.6. The van der Waals surface area contributed by atoms with Gasteiger partial charge in [-0.3, -0.25) is 4.57 Å². The van der Waals surface area contributed by atoms with Gasteiger partial charge in [0.15, 0.2) is 0 Å². The monoisotopic (exact) mass is 508 g/mol. The second-order valence-electron chi connectivity index (χ2n) is 9.26. The average molecular weight is 509 g/mol. The number of rotatable bonds is 10. The van der Waals surface area contributed by atoms with Crippen LogP contribution in [-0.4, -0.2) is 34.2 Å². The van der Waals surface area contributed by atoms with Crippen LogP contribution in [0, 0.1) is 17.6 Å². The first kappa shape index (κ1) is 26.2. The Morgan fingerprint density at radius 1 is 1.08 bits per heavy atom. The molecule has 4 aromatic rings. The maximum Gasteiger partial charge on any atom is 0.350 e. The van der Waals surface area contributed by atoms with E-state index in [0.29, 0.717) is 12.1 Å². The minimum atomic E-state index is -1.66. The molecule has 0 spiro atoms. The van der Waals surface area contributed by atoms with Gasteiger partial charge in [0.05, 0.1) is 12.2 Å². The van der Waals surface area contributed by atoms with Crippen LogP contribution in [0.4, 0.5) is 8.78 Å². The second kappa shape index (κ2) is 11.0. The first-order valence-electron chi connectivity index (χ1n) is 12.2. The summed E-state index contributed by atoms with van der Waals surface area (Å²) in [6.45, 7) is 5.74. The van der Waals surface area contributed by atoms with Gasteiger partial charge >= 0.3 is 5.69 Å². The van der Waals surface area contributed by atoms with Crippen molar-refractivity contribution in [3.8, 4) is 5.69 Å². The van der Waals surface area contributed by atoms with Crippen molar-refractivity contribution in [2.75, 3.05) is 0 Å². The molecule has 0 saturated carbocycles. The SMILES string of the molecule is CCC(C)n1cnn(-c2ccc(/C=C/C[C@H](C)[C@](O)(Cn3cncn3)c3ccc(F)cc3F)cc2)c1=O. The Balaban J connectivity index is 1.51. The molecular formula is C27H30F2N6O2. The van der Waals surface area contributed by atoms with Crippen molar-refractivity contribution >= 4 is 6.08 Å². The van der Waals surface area contributed by atoms with Crippen molar-refractivity contribution in [2.24, 2.45) is 5.92 Å². The molecular weight excluding hydrogens is 478 g/mol. The van der Waals surface area contributed by atoms with E-state index in [-0.39, 0.29) is 23.8 Å². The van der Waals surface area contributed by atoms with Gasteiger partial charge in [0.25, 0.3) is 0 Å². The Morgan fingerprint density at radius 3 is 2.49 bits per heavy atom. The van der Waals surface area contributed by atoms with Gasteiger partial charge in [0.1, 0.15) is 36.2 Å². The number of aliphatic hydroxyl groups is 1. The molecule has 1 unspecified atom stereocenters. The van der Waals surface area contributed by atoms with Crippen molar-refractivity contribution in [3.05, 3.63) is 101 Å². The van der Waals surface area contributed by atoms with Crippen LogP contribution in [0.5, 0.6) is 0 Å². The lowest BCUT2D eigenvalue weighted by molar-refractivity contribution is -0.0379. The molecule has 10 heteroatoms. The van der Waals surface area contributed by atoms with Gasteiger partial charge in [-0.05, 0) is 49.4 Å². The van der Waals surface area contributed by atoms with E-state index < -0.39 is 23.2 Å². The van der Waals surface area contributed by atoms with Crippen molar-refractivity contribution in [1.82, 2.24) is 29.1 Å². The van der Waals surface area contributed by atoms with Gasteiger partial charge in [-0.15, -0.1) is 0 Å². The van der Waals surface area contributed by atoms with Crippen LogP contribution in [0.1, 0.15) is 50.8 Å². The summed E-state index contributed by atoms with van der Waals surface area (Å²) in [6, 6.07) is 10.6. The highest BCUT2D eigenvalue weighted by Gasteiger charge is 2.38. The van der Waals surface area contributed by atoms with Gasteiger partial charge < -0.3 is 5.11 Å². The summed E-state index contributed by atoms with van der Waals surface area (Å²) in [5.41, 5.74) is -0.303. The molecule has 0 amide bonds. The molecule has 0 aliphatic rings. The van der Waals surface area contributed by atoms with Crippen molar-refractivity contribution in [1.29, 1.82) is 0 Å². The third kappa shape index (κ3) is 5.59. The second-order valence-corrected chi connectivity index (χ2v) is 9.26. The van der Waals surface area contributed by atoms with E-state index in [4.69, 9.17) is 0 Å². The molecule has 2 aromatic carbocycles. The molecule has 4 rings (SSSR count). The number of allylic oxidation sites excluding steroid dienone is 1. The lowest BCUT2D eigenvalue weighted by atomic mass is 9.80. The minimum Gasteiger partial charge on any atom is -0.383 e. The fraction of sp³-hybridized carbons (Fsp3) is 0.333. The van der Waals surface area contributed by atoms with Gasteiger partial charge in [-0.25, -0.2) is 23.2 Å². The summed E-state index contributed by atoms with van der Waals surface area (Å²) in [5, 5.41) is 19.9. The van der Waals surface area contributed by atoms with E-state index in [2.05, 4.69) is 15.2 Å². The Hall–Kier alpha value is -3.92. The largest absolute Gasteiger partial charge is 0.383 e. The number of hydrogen-bond acceptors (Lipinski definition) is 5. The molecule has 37 heavy (non-hydrogen) atoms.